The second-order valence-corrected chi connectivity index (χ2v) is 19.2. The molecule has 0 saturated carbocycles. The number of aromatic nitrogens is 2. The summed E-state index contributed by atoms with van der Waals surface area (Å²) in [6.07, 6.45) is 9.11. The van der Waals surface area contributed by atoms with Crippen LogP contribution in [0.15, 0.2) is 60.9 Å². The molecule has 0 atom stereocenters. The Morgan fingerprint density at radius 1 is 0.491 bits per heavy atom. The fourth-order valence-corrected chi connectivity index (χ4v) is 7.29. The van der Waals surface area contributed by atoms with Gasteiger partial charge in [-0.1, -0.05) is 109 Å². The van der Waals surface area contributed by atoms with Crippen LogP contribution in [0.4, 0.5) is 0 Å². The van der Waals surface area contributed by atoms with Crippen molar-refractivity contribution in [1.29, 1.82) is 0 Å². The third kappa shape index (κ3) is 10.8. The third-order valence-electron chi connectivity index (χ3n) is 11.4. The standard InChI is InChI=1S/2C23H30N.2CH4O.Ir/c2*1-21(2,3)17-10-8-16(9-11-17)20-14-18-19(15-24-20)23(6,7)13-12-22(18,4)5;2*1-2;/h2*8,10-11,14-15H,12-13H2,1-7H3;2*2H,1H3;/q2*-1;;;. The van der Waals surface area contributed by atoms with Crippen molar-refractivity contribution >= 4 is 0 Å². The van der Waals surface area contributed by atoms with E-state index < -0.39 is 0 Å². The van der Waals surface area contributed by atoms with Crippen LogP contribution in [0.1, 0.15) is 156 Å². The molecule has 2 aliphatic rings. The van der Waals surface area contributed by atoms with Gasteiger partial charge in [-0.15, -0.1) is 70.8 Å². The van der Waals surface area contributed by atoms with Gasteiger partial charge in [0.2, 0.25) is 0 Å². The molecule has 0 fully saturated rings. The Labute approximate surface area is 337 Å². The number of hydrogen-bond acceptors (Lipinski definition) is 4. The summed E-state index contributed by atoms with van der Waals surface area (Å²) in [7, 11) is 2.00. The zero-order valence-electron chi connectivity index (χ0n) is 35.7. The van der Waals surface area contributed by atoms with Crippen LogP contribution in [0.25, 0.3) is 22.5 Å². The van der Waals surface area contributed by atoms with Crippen molar-refractivity contribution in [3.8, 4) is 22.5 Å². The number of aliphatic hydroxyl groups is 2. The summed E-state index contributed by atoms with van der Waals surface area (Å²) < 4.78 is 0. The molecule has 4 aromatic rings. The summed E-state index contributed by atoms with van der Waals surface area (Å²) in [5.74, 6) is 0. The topological polar surface area (TPSA) is 66.2 Å². The Morgan fingerprint density at radius 2 is 0.774 bits per heavy atom. The molecule has 293 valence electrons. The molecule has 6 rings (SSSR count). The normalized spacial score (nSPS) is 17.4. The number of pyridine rings is 2. The molecule has 4 nitrogen and oxygen atoms in total. The molecule has 2 aromatic carbocycles. The summed E-state index contributed by atoms with van der Waals surface area (Å²) in [5.41, 5.74) is 13.8. The van der Waals surface area contributed by atoms with Crippen LogP contribution >= 0.6 is 0 Å². The molecule has 0 aliphatic heterocycles. The van der Waals surface area contributed by atoms with Gasteiger partial charge in [-0.05, 0) is 91.8 Å². The molecule has 2 heterocycles. The van der Waals surface area contributed by atoms with Gasteiger partial charge >= 0.3 is 0 Å². The van der Waals surface area contributed by atoms with E-state index in [1.165, 1.54) is 59.1 Å². The van der Waals surface area contributed by atoms with Crippen molar-refractivity contribution in [2.75, 3.05) is 14.2 Å². The average molecular weight is 897 g/mol. The average Bonchev–Trinajstić information content (AvgIpc) is 3.10. The SMILES string of the molecule is CC(C)(C)c1c[c-]c(-c2cc3c(cn2)C(C)(C)CCC3(C)C)cc1.CC(C)(C)c1c[c-]c(-c2cc3c(cn2)C(C)(C)CCC3(C)C)cc1.CO.CO.[Ir]. The number of rotatable bonds is 2. The van der Waals surface area contributed by atoms with Gasteiger partial charge in [0.15, 0.2) is 0 Å². The maximum Gasteiger partial charge on any atom is 0.0319 e. The number of aliphatic hydroxyl groups excluding tert-OH is 2. The quantitative estimate of drug-likeness (QED) is 0.197. The largest absolute Gasteiger partial charge is 0.400 e. The molecular formula is C48H68IrN2O2-2. The second-order valence-electron chi connectivity index (χ2n) is 19.2. The van der Waals surface area contributed by atoms with Gasteiger partial charge in [-0.3, -0.25) is 0 Å². The van der Waals surface area contributed by atoms with E-state index in [0.29, 0.717) is 0 Å². The van der Waals surface area contributed by atoms with Crippen LogP contribution in [0.5, 0.6) is 0 Å². The van der Waals surface area contributed by atoms with Gasteiger partial charge in [0.1, 0.15) is 0 Å². The van der Waals surface area contributed by atoms with Gasteiger partial charge in [0.25, 0.3) is 0 Å². The summed E-state index contributed by atoms with van der Waals surface area (Å²) in [5, 5.41) is 14.0. The zero-order valence-corrected chi connectivity index (χ0v) is 38.1. The first-order valence-electron chi connectivity index (χ1n) is 19.0. The third-order valence-corrected chi connectivity index (χ3v) is 11.4. The van der Waals surface area contributed by atoms with E-state index in [0.717, 1.165) is 36.7 Å². The Hall–Kier alpha value is -2.69. The molecule has 5 heteroatoms. The maximum absolute atomic E-state index is 7.00. The van der Waals surface area contributed by atoms with Gasteiger partial charge in [-0.2, -0.15) is 0 Å². The van der Waals surface area contributed by atoms with Crippen molar-refractivity contribution in [3.63, 3.8) is 0 Å². The molecule has 0 unspecified atom stereocenters. The Bertz CT molecular complexity index is 1640. The maximum atomic E-state index is 7.00. The summed E-state index contributed by atoms with van der Waals surface area (Å²) in [6.45, 7) is 32.2. The molecule has 2 aromatic heterocycles. The molecule has 1 radical (unpaired) electrons. The fourth-order valence-electron chi connectivity index (χ4n) is 7.29. The fraction of sp³-hybridized carbons (Fsp3) is 0.542. The molecule has 0 amide bonds. The van der Waals surface area contributed by atoms with Gasteiger partial charge in [0.05, 0.1) is 0 Å². The summed E-state index contributed by atoms with van der Waals surface area (Å²) in [4.78, 5) is 9.57. The number of benzene rings is 2. The van der Waals surface area contributed by atoms with Crippen LogP contribution in [-0.4, -0.2) is 34.4 Å². The van der Waals surface area contributed by atoms with Crippen LogP contribution in [0.3, 0.4) is 0 Å². The smallest absolute Gasteiger partial charge is 0.0319 e. The van der Waals surface area contributed by atoms with Crippen molar-refractivity contribution < 1.29 is 30.3 Å². The van der Waals surface area contributed by atoms with Crippen LogP contribution in [-0.2, 0) is 52.6 Å². The van der Waals surface area contributed by atoms with Gasteiger partial charge < -0.3 is 20.2 Å². The molecule has 0 bridgehead atoms. The van der Waals surface area contributed by atoms with Crippen molar-refractivity contribution in [2.45, 2.75) is 155 Å². The molecule has 2 N–H and O–H groups in total. The minimum Gasteiger partial charge on any atom is -0.400 e. The first-order chi connectivity index (χ1) is 24.0. The first-order valence-corrected chi connectivity index (χ1v) is 19.0. The van der Waals surface area contributed by atoms with Crippen LogP contribution in [0, 0.1) is 12.1 Å². The second kappa shape index (κ2) is 17.4. The van der Waals surface area contributed by atoms with E-state index in [1.807, 2.05) is 0 Å². The molecule has 53 heavy (non-hydrogen) atoms. The predicted molar refractivity (Wildman–Crippen MR) is 221 cm³/mol. The first kappa shape index (κ1) is 46.5. The van der Waals surface area contributed by atoms with Crippen molar-refractivity contribution in [1.82, 2.24) is 9.97 Å². The Kier molecular flexibility index (Phi) is 15.3. The molecule has 0 saturated heterocycles. The van der Waals surface area contributed by atoms with Crippen molar-refractivity contribution in [3.05, 3.63) is 106 Å². The van der Waals surface area contributed by atoms with E-state index in [9.17, 15) is 0 Å². The summed E-state index contributed by atoms with van der Waals surface area (Å²) in [6, 6.07) is 24.5. The number of hydrogen-bond donors (Lipinski definition) is 2. The van der Waals surface area contributed by atoms with E-state index in [2.05, 4.69) is 170 Å². The van der Waals surface area contributed by atoms with E-state index in [-0.39, 0.29) is 52.6 Å². The Balaban J connectivity index is 0.000000330. The summed E-state index contributed by atoms with van der Waals surface area (Å²) >= 11 is 0. The number of fused-ring (bicyclic) bond motifs is 2. The van der Waals surface area contributed by atoms with Crippen LogP contribution in [0.2, 0.25) is 0 Å². The predicted octanol–water partition coefficient (Wildman–Crippen LogP) is 11.6. The zero-order chi connectivity index (χ0) is 39.5. The molecular weight excluding hydrogens is 829 g/mol. The van der Waals surface area contributed by atoms with E-state index in [1.54, 1.807) is 0 Å². The monoisotopic (exact) mass is 897 g/mol. The minimum absolute atomic E-state index is 0. The van der Waals surface area contributed by atoms with Gasteiger partial charge in [-0.25, -0.2) is 0 Å². The Morgan fingerprint density at radius 3 is 1.02 bits per heavy atom. The van der Waals surface area contributed by atoms with Crippen LogP contribution < -0.4 is 0 Å². The van der Waals surface area contributed by atoms with E-state index in [4.69, 9.17) is 20.2 Å². The van der Waals surface area contributed by atoms with E-state index >= 15 is 0 Å². The molecule has 2 aliphatic carbocycles. The van der Waals surface area contributed by atoms with Gasteiger partial charge in [0, 0.05) is 46.7 Å². The van der Waals surface area contributed by atoms with Crippen molar-refractivity contribution in [2.24, 2.45) is 0 Å². The number of nitrogens with zero attached hydrogens (tertiary/aromatic N) is 2. The minimum atomic E-state index is 0. The molecule has 0 spiro atoms.